The van der Waals surface area contributed by atoms with Crippen molar-refractivity contribution in [1.82, 2.24) is 4.90 Å². The molecule has 2 aliphatic heterocycles. The van der Waals surface area contributed by atoms with E-state index in [2.05, 4.69) is 9.89 Å². The molecule has 0 unspecified atom stereocenters. The van der Waals surface area contributed by atoms with Crippen molar-refractivity contribution in [2.45, 2.75) is 6.92 Å². The fourth-order valence-corrected chi connectivity index (χ4v) is 3.97. The molecule has 2 aromatic rings. The monoisotopic (exact) mass is 388 g/mol. The Balaban J connectivity index is 1.54. The summed E-state index contributed by atoms with van der Waals surface area (Å²) in [6, 6.07) is 9.42. The topological polar surface area (TPSA) is 55.0 Å². The number of thioether (sulfide) groups is 1. The van der Waals surface area contributed by atoms with Gasteiger partial charge < -0.3 is 14.1 Å². The normalized spacial score (nSPS) is 19.3. The second-order valence-corrected chi connectivity index (χ2v) is 7.52. The highest BCUT2D eigenvalue weighted by atomic mass is 35.5. The van der Waals surface area contributed by atoms with E-state index in [9.17, 15) is 4.79 Å². The van der Waals surface area contributed by atoms with E-state index in [0.29, 0.717) is 28.9 Å². The highest BCUT2D eigenvalue weighted by Gasteiger charge is 2.27. The van der Waals surface area contributed by atoms with Crippen LogP contribution in [0.3, 0.4) is 0 Å². The molecule has 0 radical (unpaired) electrons. The largest absolute Gasteiger partial charge is 0.457 e. The molecule has 26 heavy (non-hydrogen) atoms. The second kappa shape index (κ2) is 7.31. The minimum absolute atomic E-state index is 0.228. The van der Waals surface area contributed by atoms with Crippen molar-refractivity contribution in [3.63, 3.8) is 0 Å². The van der Waals surface area contributed by atoms with Gasteiger partial charge in [0.2, 0.25) is 0 Å². The quantitative estimate of drug-likeness (QED) is 0.721. The van der Waals surface area contributed by atoms with Crippen molar-refractivity contribution in [1.29, 1.82) is 0 Å². The first kappa shape index (κ1) is 17.4. The van der Waals surface area contributed by atoms with Crippen LogP contribution in [0.2, 0.25) is 5.02 Å². The molecule has 1 fully saturated rings. The maximum absolute atomic E-state index is 12.2. The van der Waals surface area contributed by atoms with Gasteiger partial charge in [-0.1, -0.05) is 17.7 Å². The van der Waals surface area contributed by atoms with E-state index in [4.69, 9.17) is 20.8 Å². The maximum Gasteiger partial charge on any atom is 0.286 e. The molecule has 7 heteroatoms. The molecule has 4 rings (SSSR count). The van der Waals surface area contributed by atoms with E-state index in [1.165, 1.54) is 11.8 Å². The van der Waals surface area contributed by atoms with Crippen LogP contribution in [0, 0.1) is 6.92 Å². The average molecular weight is 389 g/mol. The van der Waals surface area contributed by atoms with Crippen LogP contribution < -0.4 is 0 Å². The smallest absolute Gasteiger partial charge is 0.286 e. The van der Waals surface area contributed by atoms with Crippen LogP contribution in [0.5, 0.6) is 0 Å². The summed E-state index contributed by atoms with van der Waals surface area (Å²) in [4.78, 5) is 19.0. The molecule has 1 amide bonds. The predicted molar refractivity (Wildman–Crippen MR) is 104 cm³/mol. The molecule has 1 aromatic heterocycles. The number of ether oxygens (including phenoxy) is 1. The number of furan rings is 1. The van der Waals surface area contributed by atoms with E-state index >= 15 is 0 Å². The van der Waals surface area contributed by atoms with Crippen LogP contribution in [0.15, 0.2) is 44.6 Å². The number of benzene rings is 1. The zero-order valence-corrected chi connectivity index (χ0v) is 15.8. The number of amidine groups is 1. The Labute approximate surface area is 160 Å². The van der Waals surface area contributed by atoms with Gasteiger partial charge in [0.1, 0.15) is 11.5 Å². The van der Waals surface area contributed by atoms with E-state index in [1.807, 2.05) is 37.3 Å². The third-order valence-corrected chi connectivity index (χ3v) is 5.54. The number of amides is 1. The molecule has 0 saturated carbocycles. The van der Waals surface area contributed by atoms with E-state index < -0.39 is 0 Å². The van der Waals surface area contributed by atoms with E-state index in [1.54, 1.807) is 6.08 Å². The third-order valence-electron chi connectivity index (χ3n) is 4.26. The lowest BCUT2D eigenvalue weighted by Crippen LogP contribution is -2.38. The Morgan fingerprint density at radius 1 is 1.23 bits per heavy atom. The number of hydrogen-bond acceptors (Lipinski definition) is 5. The van der Waals surface area contributed by atoms with Crippen molar-refractivity contribution >= 4 is 40.5 Å². The van der Waals surface area contributed by atoms with Gasteiger partial charge in [-0.25, -0.2) is 0 Å². The number of hydrogen-bond donors (Lipinski definition) is 0. The van der Waals surface area contributed by atoms with Gasteiger partial charge in [-0.15, -0.1) is 0 Å². The van der Waals surface area contributed by atoms with Crippen molar-refractivity contribution in [3.8, 4) is 11.3 Å². The summed E-state index contributed by atoms with van der Waals surface area (Å²) in [7, 11) is 0. The first-order chi connectivity index (χ1) is 12.6. The molecule has 1 saturated heterocycles. The molecule has 1 aromatic carbocycles. The SMILES string of the molecule is Cc1ccc(Cl)cc1-c1ccc(/C=C2/SC(N3CCOCC3)=NC2=O)o1. The molecule has 5 nitrogen and oxygen atoms in total. The Bertz CT molecular complexity index is 913. The zero-order chi connectivity index (χ0) is 18.1. The highest BCUT2D eigenvalue weighted by Crippen LogP contribution is 2.33. The Morgan fingerprint density at radius 2 is 2.04 bits per heavy atom. The van der Waals surface area contributed by atoms with Gasteiger partial charge in [0.15, 0.2) is 5.17 Å². The van der Waals surface area contributed by atoms with Crippen LogP contribution in [0.4, 0.5) is 0 Å². The van der Waals surface area contributed by atoms with E-state index in [-0.39, 0.29) is 5.91 Å². The first-order valence-electron chi connectivity index (χ1n) is 8.32. The van der Waals surface area contributed by atoms with Gasteiger partial charge in [0.05, 0.1) is 18.1 Å². The van der Waals surface area contributed by atoms with Crippen LogP contribution in [0.25, 0.3) is 17.4 Å². The van der Waals surface area contributed by atoms with Crippen molar-refractivity contribution in [3.05, 3.63) is 51.6 Å². The Hall–Kier alpha value is -2.02. The summed E-state index contributed by atoms with van der Waals surface area (Å²) in [5.41, 5.74) is 2.02. The highest BCUT2D eigenvalue weighted by molar-refractivity contribution is 8.18. The van der Waals surface area contributed by atoms with Crippen LogP contribution >= 0.6 is 23.4 Å². The molecular formula is C19H17ClN2O3S. The standard InChI is InChI=1S/C19H17ClN2O3S/c1-12-2-3-13(20)10-15(12)16-5-4-14(25-16)11-17-18(23)21-19(26-17)22-6-8-24-9-7-22/h2-5,10-11H,6-9H2,1H3/b17-11+. The van der Waals surface area contributed by atoms with Crippen molar-refractivity contribution in [2.75, 3.05) is 26.3 Å². The third kappa shape index (κ3) is 3.58. The number of rotatable bonds is 2. The van der Waals surface area contributed by atoms with Gasteiger partial charge >= 0.3 is 0 Å². The second-order valence-electron chi connectivity index (χ2n) is 6.07. The molecule has 0 atom stereocenters. The number of nitrogens with zero attached hydrogens (tertiary/aromatic N) is 2. The lowest BCUT2D eigenvalue weighted by molar-refractivity contribution is -0.113. The van der Waals surface area contributed by atoms with Gasteiger partial charge in [0, 0.05) is 29.8 Å². The molecular weight excluding hydrogens is 372 g/mol. The first-order valence-corrected chi connectivity index (χ1v) is 9.51. The van der Waals surface area contributed by atoms with Crippen LogP contribution in [-0.2, 0) is 9.53 Å². The maximum atomic E-state index is 12.2. The fraction of sp³-hybridized carbons (Fsp3) is 0.263. The van der Waals surface area contributed by atoms with Gasteiger partial charge in [-0.2, -0.15) is 4.99 Å². The van der Waals surface area contributed by atoms with Gasteiger partial charge in [-0.3, -0.25) is 4.79 Å². The average Bonchev–Trinajstić information content (AvgIpc) is 3.25. The summed E-state index contributed by atoms with van der Waals surface area (Å²) >= 11 is 7.47. The number of aryl methyl sites for hydroxylation is 1. The molecule has 3 heterocycles. The summed E-state index contributed by atoms with van der Waals surface area (Å²) in [6.07, 6.45) is 1.74. The molecule has 0 N–H and O–H groups in total. The van der Waals surface area contributed by atoms with Crippen LogP contribution in [0.1, 0.15) is 11.3 Å². The lowest BCUT2D eigenvalue weighted by Gasteiger charge is -2.27. The number of halogens is 1. The number of aliphatic imine (C=N–C) groups is 1. The molecule has 0 bridgehead atoms. The van der Waals surface area contributed by atoms with Crippen molar-refractivity contribution < 1.29 is 13.9 Å². The fourth-order valence-electron chi connectivity index (χ4n) is 2.85. The summed E-state index contributed by atoms with van der Waals surface area (Å²) in [5.74, 6) is 1.11. The summed E-state index contributed by atoms with van der Waals surface area (Å²) in [6.45, 7) is 4.84. The molecule has 0 aliphatic carbocycles. The van der Waals surface area contributed by atoms with Crippen molar-refractivity contribution in [2.24, 2.45) is 4.99 Å². The van der Waals surface area contributed by atoms with Gasteiger partial charge in [0.25, 0.3) is 5.91 Å². The minimum Gasteiger partial charge on any atom is -0.457 e. The molecule has 2 aliphatic rings. The Morgan fingerprint density at radius 3 is 2.85 bits per heavy atom. The molecule has 0 spiro atoms. The summed E-state index contributed by atoms with van der Waals surface area (Å²) < 4.78 is 11.3. The predicted octanol–water partition coefficient (Wildman–Crippen LogP) is 4.21. The lowest BCUT2D eigenvalue weighted by atomic mass is 10.1. The summed E-state index contributed by atoms with van der Waals surface area (Å²) in [5, 5.41) is 1.40. The number of carbonyl (C=O) groups is 1. The Kier molecular flexibility index (Phi) is 4.89. The van der Waals surface area contributed by atoms with E-state index in [0.717, 1.165) is 35.1 Å². The number of carbonyl (C=O) groups excluding carboxylic acids is 1. The van der Waals surface area contributed by atoms with Crippen LogP contribution in [-0.4, -0.2) is 42.3 Å². The molecule has 134 valence electrons. The number of morpholine rings is 1. The van der Waals surface area contributed by atoms with Gasteiger partial charge in [-0.05, 0) is 48.5 Å². The zero-order valence-electron chi connectivity index (χ0n) is 14.2. The minimum atomic E-state index is -0.228.